The second-order valence-electron chi connectivity index (χ2n) is 3.40. The summed E-state index contributed by atoms with van der Waals surface area (Å²) in [4.78, 5) is 14.8. The highest BCUT2D eigenvalue weighted by atomic mass is 16.1. The summed E-state index contributed by atoms with van der Waals surface area (Å²) in [5.74, 6) is -0.408. The molecule has 0 aromatic carbocycles. The van der Waals surface area contributed by atoms with Crippen LogP contribution in [0.4, 0.5) is 0 Å². The van der Waals surface area contributed by atoms with Gasteiger partial charge in [0.25, 0.3) is 0 Å². The number of nitrogens with two attached hydrogens (primary N) is 1. The minimum Gasteiger partial charge on any atom is -0.366 e. The molecular weight excluding hydrogens is 176 g/mol. The number of rotatable bonds is 5. The fourth-order valence-electron chi connectivity index (χ4n) is 1.34. The summed E-state index contributed by atoms with van der Waals surface area (Å²) in [6.45, 7) is 2.16. The van der Waals surface area contributed by atoms with Crippen molar-refractivity contribution in [3.05, 3.63) is 29.6 Å². The molecule has 3 nitrogen and oxygen atoms in total. The molecule has 0 saturated carbocycles. The first kappa shape index (κ1) is 10.7. The normalized spacial score (nSPS) is 10.1. The van der Waals surface area contributed by atoms with Gasteiger partial charge in [-0.15, -0.1) is 0 Å². The van der Waals surface area contributed by atoms with Gasteiger partial charge in [0.1, 0.15) is 0 Å². The third kappa shape index (κ3) is 3.17. The number of primary amides is 1. The Balaban J connectivity index is 2.59. The molecule has 76 valence electrons. The Morgan fingerprint density at radius 1 is 1.43 bits per heavy atom. The van der Waals surface area contributed by atoms with Crippen molar-refractivity contribution in [3.63, 3.8) is 0 Å². The van der Waals surface area contributed by atoms with E-state index in [1.165, 1.54) is 19.0 Å². The predicted octanol–water partition coefficient (Wildman–Crippen LogP) is 1.91. The third-order valence-electron chi connectivity index (χ3n) is 2.15. The molecule has 0 saturated heterocycles. The van der Waals surface area contributed by atoms with Crippen molar-refractivity contribution in [3.8, 4) is 0 Å². The highest BCUT2D eigenvalue weighted by Gasteiger charge is 2.01. The molecule has 14 heavy (non-hydrogen) atoms. The van der Waals surface area contributed by atoms with Gasteiger partial charge in [-0.1, -0.05) is 19.8 Å². The lowest BCUT2D eigenvalue weighted by Crippen LogP contribution is -2.11. The molecule has 0 spiro atoms. The van der Waals surface area contributed by atoms with Gasteiger partial charge in [0.15, 0.2) is 0 Å². The second-order valence-corrected chi connectivity index (χ2v) is 3.40. The van der Waals surface area contributed by atoms with Crippen molar-refractivity contribution in [1.29, 1.82) is 0 Å². The van der Waals surface area contributed by atoms with E-state index in [-0.39, 0.29) is 0 Å². The van der Waals surface area contributed by atoms with E-state index in [1.54, 1.807) is 6.20 Å². The van der Waals surface area contributed by atoms with Gasteiger partial charge in [-0.25, -0.2) is 0 Å². The molecule has 0 bridgehead atoms. The molecule has 0 unspecified atom stereocenters. The fraction of sp³-hybridized carbons (Fsp3) is 0.455. The summed E-state index contributed by atoms with van der Waals surface area (Å²) in [7, 11) is 0. The molecule has 3 heteroatoms. The van der Waals surface area contributed by atoms with Gasteiger partial charge < -0.3 is 5.73 Å². The van der Waals surface area contributed by atoms with Crippen molar-refractivity contribution in [2.75, 3.05) is 0 Å². The number of pyridine rings is 1. The van der Waals surface area contributed by atoms with Crippen LogP contribution < -0.4 is 5.73 Å². The Labute approximate surface area is 84.3 Å². The van der Waals surface area contributed by atoms with Gasteiger partial charge in [-0.05, 0) is 24.5 Å². The molecule has 1 heterocycles. The van der Waals surface area contributed by atoms with E-state index < -0.39 is 5.91 Å². The maximum atomic E-state index is 10.9. The van der Waals surface area contributed by atoms with Crippen molar-refractivity contribution in [2.24, 2.45) is 5.73 Å². The van der Waals surface area contributed by atoms with Crippen LogP contribution in [-0.4, -0.2) is 10.9 Å². The highest BCUT2D eigenvalue weighted by molar-refractivity contribution is 5.92. The number of nitrogens with zero attached hydrogens (tertiary/aromatic N) is 1. The van der Waals surface area contributed by atoms with E-state index >= 15 is 0 Å². The Hall–Kier alpha value is -1.38. The summed E-state index contributed by atoms with van der Waals surface area (Å²) in [6.07, 6.45) is 7.82. The predicted molar refractivity (Wildman–Crippen MR) is 56.0 cm³/mol. The van der Waals surface area contributed by atoms with Crippen LogP contribution in [0.1, 0.15) is 42.1 Å². The average molecular weight is 192 g/mol. The molecule has 1 rings (SSSR count). The van der Waals surface area contributed by atoms with Gasteiger partial charge in [0.05, 0.1) is 5.56 Å². The number of amides is 1. The lowest BCUT2D eigenvalue weighted by Gasteiger charge is -2.01. The first-order valence-corrected chi connectivity index (χ1v) is 4.97. The smallest absolute Gasteiger partial charge is 0.250 e. The molecule has 0 aliphatic rings. The summed E-state index contributed by atoms with van der Waals surface area (Å²) in [5.41, 5.74) is 6.75. The zero-order chi connectivity index (χ0) is 10.4. The number of unbranched alkanes of at least 4 members (excludes halogenated alkanes) is 2. The number of hydrogen-bond donors (Lipinski definition) is 1. The van der Waals surface area contributed by atoms with E-state index in [0.29, 0.717) is 5.56 Å². The summed E-state index contributed by atoms with van der Waals surface area (Å²) in [6, 6.07) is 1.82. The van der Waals surface area contributed by atoms with Gasteiger partial charge in [-0.3, -0.25) is 9.78 Å². The Morgan fingerprint density at radius 2 is 2.21 bits per heavy atom. The van der Waals surface area contributed by atoms with Crippen LogP contribution in [0.3, 0.4) is 0 Å². The molecule has 1 amide bonds. The molecule has 0 atom stereocenters. The number of carbonyl (C=O) groups is 1. The molecule has 2 N–H and O–H groups in total. The zero-order valence-electron chi connectivity index (χ0n) is 8.49. The van der Waals surface area contributed by atoms with Crippen molar-refractivity contribution in [2.45, 2.75) is 32.6 Å². The third-order valence-corrected chi connectivity index (χ3v) is 2.15. The monoisotopic (exact) mass is 192 g/mol. The van der Waals surface area contributed by atoms with Crippen molar-refractivity contribution < 1.29 is 4.79 Å². The van der Waals surface area contributed by atoms with E-state index in [1.807, 2.05) is 6.07 Å². The van der Waals surface area contributed by atoms with Crippen LogP contribution in [0.2, 0.25) is 0 Å². The Bertz CT molecular complexity index is 310. The van der Waals surface area contributed by atoms with Crippen molar-refractivity contribution >= 4 is 5.91 Å². The van der Waals surface area contributed by atoms with E-state index in [9.17, 15) is 4.79 Å². The van der Waals surface area contributed by atoms with E-state index in [2.05, 4.69) is 11.9 Å². The van der Waals surface area contributed by atoms with Crippen LogP contribution in [-0.2, 0) is 6.42 Å². The topological polar surface area (TPSA) is 56.0 Å². The van der Waals surface area contributed by atoms with Gasteiger partial charge in [0, 0.05) is 12.4 Å². The SMILES string of the molecule is CCCCCc1cncc(C(N)=O)c1. The number of aromatic nitrogens is 1. The zero-order valence-corrected chi connectivity index (χ0v) is 8.49. The lowest BCUT2D eigenvalue weighted by atomic mass is 10.1. The van der Waals surface area contributed by atoms with Crippen LogP contribution in [0.25, 0.3) is 0 Å². The quantitative estimate of drug-likeness (QED) is 0.724. The number of hydrogen-bond acceptors (Lipinski definition) is 2. The lowest BCUT2D eigenvalue weighted by molar-refractivity contribution is 0.1000. The van der Waals surface area contributed by atoms with E-state index in [4.69, 9.17) is 5.73 Å². The van der Waals surface area contributed by atoms with Gasteiger partial charge >= 0.3 is 0 Å². The first-order valence-electron chi connectivity index (χ1n) is 4.97. The average Bonchev–Trinajstić information content (AvgIpc) is 2.19. The standard InChI is InChI=1S/C11H16N2O/c1-2-3-4-5-9-6-10(11(12)14)8-13-7-9/h6-8H,2-5H2,1H3,(H2,12,14). The van der Waals surface area contributed by atoms with Gasteiger partial charge in [0.2, 0.25) is 5.91 Å². The molecule has 1 aromatic rings. The molecular formula is C11H16N2O. The highest BCUT2D eigenvalue weighted by Crippen LogP contribution is 2.07. The number of aryl methyl sites for hydroxylation is 1. The van der Waals surface area contributed by atoms with Crippen LogP contribution in [0, 0.1) is 0 Å². The molecule has 0 radical (unpaired) electrons. The number of carbonyl (C=O) groups excluding carboxylic acids is 1. The van der Waals surface area contributed by atoms with Crippen LogP contribution >= 0.6 is 0 Å². The largest absolute Gasteiger partial charge is 0.366 e. The van der Waals surface area contributed by atoms with E-state index in [0.717, 1.165) is 18.4 Å². The second kappa shape index (κ2) is 5.37. The Kier molecular flexibility index (Phi) is 4.11. The maximum absolute atomic E-state index is 10.9. The minimum atomic E-state index is -0.408. The minimum absolute atomic E-state index is 0.408. The first-order chi connectivity index (χ1) is 6.74. The van der Waals surface area contributed by atoms with Crippen LogP contribution in [0.15, 0.2) is 18.5 Å². The van der Waals surface area contributed by atoms with Gasteiger partial charge in [-0.2, -0.15) is 0 Å². The molecule has 0 aliphatic heterocycles. The molecule has 1 aromatic heterocycles. The summed E-state index contributed by atoms with van der Waals surface area (Å²) in [5, 5.41) is 0. The molecule has 0 fully saturated rings. The maximum Gasteiger partial charge on any atom is 0.250 e. The van der Waals surface area contributed by atoms with Crippen molar-refractivity contribution in [1.82, 2.24) is 4.98 Å². The van der Waals surface area contributed by atoms with Crippen LogP contribution in [0.5, 0.6) is 0 Å². The summed E-state index contributed by atoms with van der Waals surface area (Å²) >= 11 is 0. The fourth-order valence-corrected chi connectivity index (χ4v) is 1.34. The molecule has 0 aliphatic carbocycles. The Morgan fingerprint density at radius 3 is 2.86 bits per heavy atom. The summed E-state index contributed by atoms with van der Waals surface area (Å²) < 4.78 is 0.